The quantitative estimate of drug-likeness (QED) is 0.290. The van der Waals surface area contributed by atoms with Crippen LogP contribution in [-0.4, -0.2) is 14.8 Å². The Labute approximate surface area is 156 Å². The maximum absolute atomic E-state index is 11.6. The van der Waals surface area contributed by atoms with E-state index in [2.05, 4.69) is 4.85 Å². The van der Waals surface area contributed by atoms with Crippen LogP contribution in [0.3, 0.4) is 0 Å². The van der Waals surface area contributed by atoms with E-state index in [1.165, 1.54) is 13.0 Å². The SMILES string of the molecule is [C-]#[N+]/C(C#N)=C1/c2cc([N+](=O)[O-])cc(C)c2-c2c1cc([N+](=O)[O-])cc2[N+](=O)[O-]. The van der Waals surface area contributed by atoms with E-state index in [1.807, 2.05) is 0 Å². The van der Waals surface area contributed by atoms with Crippen molar-refractivity contribution in [2.24, 2.45) is 0 Å². The topological polar surface area (TPSA) is 158 Å². The first-order valence-electron chi connectivity index (χ1n) is 7.50. The van der Waals surface area contributed by atoms with Crippen molar-refractivity contribution < 1.29 is 14.8 Å². The van der Waals surface area contributed by atoms with Crippen molar-refractivity contribution in [1.82, 2.24) is 0 Å². The summed E-state index contributed by atoms with van der Waals surface area (Å²) in [7, 11) is 0. The Balaban J connectivity index is 2.60. The molecule has 0 spiro atoms. The molecule has 2 aromatic carbocycles. The molecule has 2 aromatic rings. The Morgan fingerprint density at radius 2 is 1.50 bits per heavy atom. The third-order valence-corrected chi connectivity index (χ3v) is 4.28. The van der Waals surface area contributed by atoms with Crippen LogP contribution >= 0.6 is 0 Å². The zero-order valence-corrected chi connectivity index (χ0v) is 14.0. The van der Waals surface area contributed by atoms with Crippen LogP contribution in [0.1, 0.15) is 16.7 Å². The zero-order valence-electron chi connectivity index (χ0n) is 14.0. The molecule has 0 N–H and O–H groups in total. The first-order chi connectivity index (χ1) is 13.2. The van der Waals surface area contributed by atoms with Crippen molar-refractivity contribution >= 4 is 22.6 Å². The van der Waals surface area contributed by atoms with Crippen molar-refractivity contribution in [3.63, 3.8) is 0 Å². The van der Waals surface area contributed by atoms with Gasteiger partial charge in [-0.15, -0.1) is 0 Å². The lowest BCUT2D eigenvalue weighted by atomic mass is 9.98. The van der Waals surface area contributed by atoms with Crippen LogP contribution in [0, 0.1) is 55.2 Å². The first kappa shape index (κ1) is 18.2. The number of nitrogens with zero attached hydrogens (tertiary/aromatic N) is 5. The second kappa shape index (κ2) is 6.26. The number of benzene rings is 2. The summed E-state index contributed by atoms with van der Waals surface area (Å²) in [5.74, 6) is 0. The summed E-state index contributed by atoms with van der Waals surface area (Å²) in [5.41, 5.74) is -1.52. The van der Waals surface area contributed by atoms with Gasteiger partial charge < -0.3 is 0 Å². The number of nitro groups is 3. The normalized spacial score (nSPS) is 13.0. The van der Waals surface area contributed by atoms with Crippen molar-refractivity contribution in [1.29, 1.82) is 5.26 Å². The fourth-order valence-corrected chi connectivity index (χ4v) is 3.26. The Morgan fingerprint density at radius 1 is 0.964 bits per heavy atom. The number of non-ortho nitro benzene ring substituents is 2. The average Bonchev–Trinajstić information content (AvgIpc) is 2.96. The molecule has 0 saturated heterocycles. The Morgan fingerprint density at radius 3 is 1.96 bits per heavy atom. The molecule has 0 aromatic heterocycles. The fourth-order valence-electron chi connectivity index (χ4n) is 3.26. The molecule has 28 heavy (non-hydrogen) atoms. The van der Waals surface area contributed by atoms with Gasteiger partial charge in [0, 0.05) is 23.8 Å². The number of allylic oxidation sites excluding steroid dienone is 1. The predicted molar refractivity (Wildman–Crippen MR) is 94.8 cm³/mol. The second-order valence-electron chi connectivity index (χ2n) is 5.79. The summed E-state index contributed by atoms with van der Waals surface area (Å²) >= 11 is 0. The van der Waals surface area contributed by atoms with Gasteiger partial charge in [-0.25, -0.2) is 10.1 Å². The molecule has 136 valence electrons. The van der Waals surface area contributed by atoms with Gasteiger partial charge >= 0.3 is 0 Å². The van der Waals surface area contributed by atoms with E-state index >= 15 is 0 Å². The van der Waals surface area contributed by atoms with Gasteiger partial charge in [0.2, 0.25) is 0 Å². The molecule has 0 amide bonds. The monoisotopic (exact) mass is 377 g/mol. The molecule has 11 nitrogen and oxygen atoms in total. The number of hydrogen-bond acceptors (Lipinski definition) is 7. The number of hydrogen-bond donors (Lipinski definition) is 0. The third kappa shape index (κ3) is 2.51. The molecule has 0 bridgehead atoms. The molecular formula is C17H7N5O6. The predicted octanol–water partition coefficient (Wildman–Crippen LogP) is 3.90. The van der Waals surface area contributed by atoms with Gasteiger partial charge in [-0.05, 0) is 29.2 Å². The van der Waals surface area contributed by atoms with Crippen LogP contribution in [0.5, 0.6) is 0 Å². The number of nitriles is 1. The fraction of sp³-hybridized carbons (Fsp3) is 0.0588. The summed E-state index contributed by atoms with van der Waals surface area (Å²) in [6.07, 6.45) is 0. The van der Waals surface area contributed by atoms with Crippen LogP contribution in [-0.2, 0) is 0 Å². The van der Waals surface area contributed by atoms with E-state index in [-0.39, 0.29) is 33.5 Å². The largest absolute Gasteiger partial charge is 0.284 e. The van der Waals surface area contributed by atoms with Crippen LogP contribution in [0.2, 0.25) is 0 Å². The van der Waals surface area contributed by atoms with Gasteiger partial charge in [-0.1, -0.05) is 0 Å². The minimum Gasteiger partial charge on any atom is -0.258 e. The average molecular weight is 377 g/mol. The summed E-state index contributed by atoms with van der Waals surface area (Å²) < 4.78 is 0. The molecule has 3 rings (SSSR count). The molecular weight excluding hydrogens is 370 g/mol. The zero-order chi connectivity index (χ0) is 20.7. The minimum absolute atomic E-state index is 0.00982. The van der Waals surface area contributed by atoms with Gasteiger partial charge in [0.05, 0.1) is 39.0 Å². The van der Waals surface area contributed by atoms with E-state index in [9.17, 15) is 35.6 Å². The van der Waals surface area contributed by atoms with Crippen LogP contribution in [0.4, 0.5) is 17.1 Å². The molecule has 1 aliphatic carbocycles. The third-order valence-electron chi connectivity index (χ3n) is 4.28. The summed E-state index contributed by atoms with van der Waals surface area (Å²) in [6.45, 7) is 8.71. The molecule has 1 aliphatic rings. The lowest BCUT2D eigenvalue weighted by Gasteiger charge is -2.06. The molecule has 0 aliphatic heterocycles. The number of nitro benzene ring substituents is 3. The maximum atomic E-state index is 11.6. The highest BCUT2D eigenvalue weighted by Gasteiger charge is 2.37. The van der Waals surface area contributed by atoms with Gasteiger partial charge in [0.1, 0.15) is 0 Å². The Kier molecular flexibility index (Phi) is 4.06. The molecule has 0 atom stereocenters. The maximum Gasteiger partial charge on any atom is 0.284 e. The van der Waals surface area contributed by atoms with Gasteiger partial charge in [0.15, 0.2) is 0 Å². The van der Waals surface area contributed by atoms with E-state index in [0.717, 1.165) is 18.2 Å². The molecule has 0 fully saturated rings. The van der Waals surface area contributed by atoms with Crippen molar-refractivity contribution in [3.8, 4) is 17.2 Å². The van der Waals surface area contributed by atoms with Crippen molar-refractivity contribution in [2.75, 3.05) is 0 Å². The summed E-state index contributed by atoms with van der Waals surface area (Å²) in [5, 5.41) is 43.4. The lowest BCUT2D eigenvalue weighted by Crippen LogP contribution is -1.97. The Hall–Kier alpha value is -4.64. The molecule has 11 heteroatoms. The summed E-state index contributed by atoms with van der Waals surface area (Å²) in [6, 6.07) is 5.79. The van der Waals surface area contributed by atoms with E-state index in [4.69, 9.17) is 6.57 Å². The van der Waals surface area contributed by atoms with Crippen molar-refractivity contribution in [3.05, 3.63) is 88.4 Å². The Bertz CT molecular complexity index is 1220. The highest BCUT2D eigenvalue weighted by Crippen LogP contribution is 2.53. The van der Waals surface area contributed by atoms with E-state index in [1.54, 1.807) is 6.07 Å². The number of aryl methyl sites for hydroxylation is 1. The second-order valence-corrected chi connectivity index (χ2v) is 5.79. The van der Waals surface area contributed by atoms with Crippen molar-refractivity contribution in [2.45, 2.75) is 6.92 Å². The smallest absolute Gasteiger partial charge is 0.258 e. The van der Waals surface area contributed by atoms with Crippen LogP contribution < -0.4 is 0 Å². The van der Waals surface area contributed by atoms with Crippen LogP contribution in [0.25, 0.3) is 21.5 Å². The standard InChI is InChI=1S/C17H7N5O6/c1-8-3-9(20(23)24)4-11-15(8)17-12(16(11)13(7-18)19-2)5-10(21(25)26)6-14(17)22(27)28/h3-6H,1H3/b16-13-. The van der Waals surface area contributed by atoms with Gasteiger partial charge in [-0.2, -0.15) is 0 Å². The first-order valence-corrected chi connectivity index (χ1v) is 7.50. The molecule has 0 unspecified atom stereocenters. The minimum atomic E-state index is -0.826. The van der Waals surface area contributed by atoms with Gasteiger partial charge in [-0.3, -0.25) is 30.3 Å². The highest BCUT2D eigenvalue weighted by molar-refractivity contribution is 6.08. The van der Waals surface area contributed by atoms with E-state index in [0.29, 0.717) is 5.56 Å². The molecule has 0 saturated carbocycles. The number of rotatable bonds is 3. The molecule has 0 radical (unpaired) electrons. The van der Waals surface area contributed by atoms with E-state index < -0.39 is 31.8 Å². The summed E-state index contributed by atoms with van der Waals surface area (Å²) in [4.78, 5) is 34.8. The number of fused-ring (bicyclic) bond motifs is 3. The molecule has 0 heterocycles. The highest BCUT2D eigenvalue weighted by atomic mass is 16.6. The lowest BCUT2D eigenvalue weighted by molar-refractivity contribution is -0.393. The van der Waals surface area contributed by atoms with Crippen LogP contribution in [0.15, 0.2) is 30.0 Å². The van der Waals surface area contributed by atoms with Gasteiger partial charge in [0.25, 0.3) is 22.8 Å².